The minimum Gasteiger partial charge on any atom is -0.335 e. The van der Waals surface area contributed by atoms with Gasteiger partial charge in [-0.3, -0.25) is 14.8 Å². The first-order chi connectivity index (χ1) is 10.9. The van der Waals surface area contributed by atoms with Crippen molar-refractivity contribution in [2.24, 2.45) is 0 Å². The van der Waals surface area contributed by atoms with E-state index in [4.69, 9.17) is 0 Å². The van der Waals surface area contributed by atoms with E-state index in [1.807, 2.05) is 6.92 Å². The van der Waals surface area contributed by atoms with Gasteiger partial charge >= 0.3 is 0 Å². The Labute approximate surface area is 135 Å². The molecule has 3 rings (SSSR count). The molecule has 122 valence electrons. The Morgan fingerprint density at radius 3 is 2.87 bits per heavy atom. The van der Waals surface area contributed by atoms with Crippen molar-refractivity contribution in [3.8, 4) is 0 Å². The number of rotatable bonds is 3. The number of pyridine rings is 2. The summed E-state index contributed by atoms with van der Waals surface area (Å²) in [6.45, 7) is 4.14. The summed E-state index contributed by atoms with van der Waals surface area (Å²) in [5.41, 5.74) is 1.95. The summed E-state index contributed by atoms with van der Waals surface area (Å²) in [5.74, 6) is 0.0412. The highest BCUT2D eigenvalue weighted by molar-refractivity contribution is 7.91. The number of hydrogen-bond donors (Lipinski definition) is 0. The van der Waals surface area contributed by atoms with Gasteiger partial charge in [0.05, 0.1) is 28.3 Å². The van der Waals surface area contributed by atoms with Crippen molar-refractivity contribution in [1.82, 2.24) is 14.9 Å². The van der Waals surface area contributed by atoms with Crippen molar-refractivity contribution < 1.29 is 13.2 Å². The maximum atomic E-state index is 12.9. The number of carbonyl (C=O) groups is 1. The van der Waals surface area contributed by atoms with Crippen LogP contribution in [0.3, 0.4) is 0 Å². The molecule has 1 aliphatic rings. The van der Waals surface area contributed by atoms with Crippen molar-refractivity contribution in [3.05, 3.63) is 35.8 Å². The zero-order chi connectivity index (χ0) is 16.6. The molecule has 0 saturated carbocycles. The maximum absolute atomic E-state index is 12.9. The third-order valence-corrected chi connectivity index (χ3v) is 6.04. The number of carbonyl (C=O) groups excluding carboxylic acids is 1. The van der Waals surface area contributed by atoms with Gasteiger partial charge in [0.25, 0.3) is 5.91 Å². The molecule has 1 amide bonds. The molecule has 3 heterocycles. The fourth-order valence-electron chi connectivity index (χ4n) is 3.07. The molecule has 1 unspecified atom stereocenters. The van der Waals surface area contributed by atoms with Crippen LogP contribution in [0.5, 0.6) is 0 Å². The van der Waals surface area contributed by atoms with Gasteiger partial charge in [0.2, 0.25) is 0 Å². The third kappa shape index (κ3) is 3.06. The highest BCUT2D eigenvalue weighted by atomic mass is 32.2. The van der Waals surface area contributed by atoms with E-state index in [1.54, 1.807) is 36.4 Å². The van der Waals surface area contributed by atoms with Gasteiger partial charge in [-0.05, 0) is 32.4 Å². The molecule has 6 nitrogen and oxygen atoms in total. The monoisotopic (exact) mass is 333 g/mol. The molecule has 7 heteroatoms. The Kier molecular flexibility index (Phi) is 4.06. The Morgan fingerprint density at radius 1 is 1.43 bits per heavy atom. The number of nitrogens with zero attached hydrogens (tertiary/aromatic N) is 3. The number of hydrogen-bond acceptors (Lipinski definition) is 5. The number of fused-ring (bicyclic) bond motifs is 1. The van der Waals surface area contributed by atoms with E-state index in [0.717, 1.165) is 10.9 Å². The average Bonchev–Trinajstić information content (AvgIpc) is 2.87. The van der Waals surface area contributed by atoms with E-state index in [1.165, 1.54) is 0 Å². The van der Waals surface area contributed by atoms with E-state index >= 15 is 0 Å². The number of aromatic nitrogens is 2. The molecule has 0 N–H and O–H groups in total. The zero-order valence-corrected chi connectivity index (χ0v) is 14.0. The lowest BCUT2D eigenvalue weighted by Gasteiger charge is -2.27. The molecule has 0 radical (unpaired) electrons. The molecule has 0 aliphatic carbocycles. The molecule has 1 atom stereocenters. The van der Waals surface area contributed by atoms with Crippen molar-refractivity contribution in [2.75, 3.05) is 18.1 Å². The van der Waals surface area contributed by atoms with Crippen LogP contribution < -0.4 is 0 Å². The third-order valence-electron chi connectivity index (χ3n) is 4.29. The fourth-order valence-corrected chi connectivity index (χ4v) is 4.80. The normalized spacial score (nSPS) is 19.8. The van der Waals surface area contributed by atoms with Gasteiger partial charge in [-0.2, -0.15) is 0 Å². The van der Waals surface area contributed by atoms with Crippen LogP contribution in [0, 0.1) is 6.92 Å². The quantitative estimate of drug-likeness (QED) is 0.852. The highest BCUT2D eigenvalue weighted by Gasteiger charge is 2.34. The predicted octanol–water partition coefficient (Wildman–Crippen LogP) is 1.59. The minimum absolute atomic E-state index is 0.0498. The first kappa shape index (κ1) is 15.9. The molecule has 1 fully saturated rings. The maximum Gasteiger partial charge on any atom is 0.255 e. The van der Waals surface area contributed by atoms with Crippen LogP contribution in [0.4, 0.5) is 0 Å². The van der Waals surface area contributed by atoms with Gasteiger partial charge < -0.3 is 4.90 Å². The second-order valence-electron chi connectivity index (χ2n) is 5.84. The molecule has 1 aliphatic heterocycles. The van der Waals surface area contributed by atoms with Gasteiger partial charge in [-0.25, -0.2) is 8.42 Å². The molecule has 2 aromatic heterocycles. The van der Waals surface area contributed by atoms with Crippen LogP contribution in [-0.4, -0.2) is 53.3 Å². The van der Waals surface area contributed by atoms with Gasteiger partial charge in [0, 0.05) is 30.4 Å². The number of aryl methyl sites for hydroxylation is 1. The lowest BCUT2D eigenvalue weighted by atomic mass is 10.1. The lowest BCUT2D eigenvalue weighted by molar-refractivity contribution is 0.0707. The summed E-state index contributed by atoms with van der Waals surface area (Å²) < 4.78 is 23.4. The summed E-state index contributed by atoms with van der Waals surface area (Å²) >= 11 is 0. The molecule has 0 aromatic carbocycles. The van der Waals surface area contributed by atoms with Gasteiger partial charge in [0.1, 0.15) is 0 Å². The van der Waals surface area contributed by atoms with Crippen LogP contribution in [0.2, 0.25) is 0 Å². The standard InChI is InChI=1S/C16H19N3O3S/c1-3-19(13-5-7-23(21,22)10-13)16(20)14-8-12-9-17-6-4-15(12)18-11(14)2/h4,6,8-9,13H,3,5,7,10H2,1-2H3. The van der Waals surface area contributed by atoms with E-state index in [9.17, 15) is 13.2 Å². The second-order valence-corrected chi connectivity index (χ2v) is 8.07. The summed E-state index contributed by atoms with van der Waals surface area (Å²) in [4.78, 5) is 23.1. The largest absolute Gasteiger partial charge is 0.335 e. The molecule has 23 heavy (non-hydrogen) atoms. The molecule has 0 bridgehead atoms. The van der Waals surface area contributed by atoms with Gasteiger partial charge in [-0.15, -0.1) is 0 Å². The SMILES string of the molecule is CCN(C(=O)c1cc2cnccc2nc1C)C1CCS(=O)(=O)C1. The van der Waals surface area contributed by atoms with Crippen LogP contribution in [0.25, 0.3) is 10.9 Å². The molecule has 2 aromatic rings. The smallest absolute Gasteiger partial charge is 0.255 e. The average molecular weight is 333 g/mol. The van der Waals surface area contributed by atoms with E-state index in [2.05, 4.69) is 9.97 Å². The Hall–Kier alpha value is -2.02. The van der Waals surface area contributed by atoms with Crippen LogP contribution in [0.1, 0.15) is 29.4 Å². The Balaban J connectivity index is 1.96. The molecular formula is C16H19N3O3S. The lowest BCUT2D eigenvalue weighted by Crippen LogP contribution is -2.41. The summed E-state index contributed by atoms with van der Waals surface area (Å²) in [6.07, 6.45) is 3.84. The summed E-state index contributed by atoms with van der Waals surface area (Å²) in [6, 6.07) is 3.35. The van der Waals surface area contributed by atoms with Crippen molar-refractivity contribution in [1.29, 1.82) is 0 Å². The summed E-state index contributed by atoms with van der Waals surface area (Å²) in [7, 11) is -3.03. The first-order valence-corrected chi connectivity index (χ1v) is 9.46. The van der Waals surface area contributed by atoms with Crippen LogP contribution in [-0.2, 0) is 9.84 Å². The zero-order valence-electron chi connectivity index (χ0n) is 13.2. The Bertz CT molecular complexity index is 864. The number of amides is 1. The van der Waals surface area contributed by atoms with Crippen molar-refractivity contribution in [2.45, 2.75) is 26.3 Å². The van der Waals surface area contributed by atoms with Crippen LogP contribution >= 0.6 is 0 Å². The predicted molar refractivity (Wildman–Crippen MR) is 88.0 cm³/mol. The topological polar surface area (TPSA) is 80.2 Å². The van der Waals surface area contributed by atoms with E-state index in [0.29, 0.717) is 24.2 Å². The van der Waals surface area contributed by atoms with E-state index in [-0.39, 0.29) is 23.5 Å². The van der Waals surface area contributed by atoms with Gasteiger partial charge in [-0.1, -0.05) is 0 Å². The molecule has 0 spiro atoms. The first-order valence-electron chi connectivity index (χ1n) is 7.64. The van der Waals surface area contributed by atoms with Gasteiger partial charge in [0.15, 0.2) is 9.84 Å². The van der Waals surface area contributed by atoms with Crippen molar-refractivity contribution in [3.63, 3.8) is 0 Å². The minimum atomic E-state index is -3.03. The van der Waals surface area contributed by atoms with E-state index < -0.39 is 9.84 Å². The Morgan fingerprint density at radius 2 is 2.22 bits per heavy atom. The summed E-state index contributed by atoms with van der Waals surface area (Å²) in [5, 5.41) is 0.802. The highest BCUT2D eigenvalue weighted by Crippen LogP contribution is 2.22. The molecule has 1 saturated heterocycles. The second kappa shape index (κ2) is 5.88. The van der Waals surface area contributed by atoms with Crippen molar-refractivity contribution >= 4 is 26.6 Å². The van der Waals surface area contributed by atoms with Crippen LogP contribution in [0.15, 0.2) is 24.5 Å². The molecular weight excluding hydrogens is 314 g/mol. The number of sulfone groups is 1. The fraction of sp³-hybridized carbons (Fsp3) is 0.438.